The minimum absolute atomic E-state index is 0.0996. The van der Waals surface area contributed by atoms with Gasteiger partial charge >= 0.3 is 0 Å². The molecular formula is C30H47ClO16. The molecule has 9 aliphatic heterocycles. The molecule has 0 radical (unpaired) electrons. The number of rotatable bonds is 13. The van der Waals surface area contributed by atoms with Gasteiger partial charge in [-0.1, -0.05) is 0 Å². The van der Waals surface area contributed by atoms with Gasteiger partial charge in [0, 0.05) is 0 Å². The third kappa shape index (κ3) is 9.31. The van der Waals surface area contributed by atoms with Crippen molar-refractivity contribution < 1.29 is 76.9 Å². The highest BCUT2D eigenvalue weighted by molar-refractivity contribution is 6.18. The Morgan fingerprint density at radius 2 is 0.809 bits per heavy atom. The number of alkyl halides is 1. The van der Waals surface area contributed by atoms with Crippen LogP contribution in [-0.4, -0.2) is 205 Å². The smallest absolute Gasteiger partial charge is 0.115 e. The first kappa shape index (κ1) is 35.1. The lowest BCUT2D eigenvalue weighted by Gasteiger charge is -2.21. The molecule has 0 aromatic heterocycles. The zero-order chi connectivity index (χ0) is 32.3. The highest BCUT2D eigenvalue weighted by Crippen LogP contribution is 2.33. The molecule has 270 valence electrons. The average molecular weight is 699 g/mol. The van der Waals surface area contributed by atoms with Gasteiger partial charge in [0.05, 0.1) is 97.9 Å². The Hall–Kier alpha value is -0.350. The number of halogens is 1. The molecule has 0 spiro atoms. The van der Waals surface area contributed by atoms with Crippen LogP contribution in [0.2, 0.25) is 0 Å². The fourth-order valence-electron chi connectivity index (χ4n) is 6.35. The predicted molar refractivity (Wildman–Crippen MR) is 155 cm³/mol. The molecule has 0 aliphatic carbocycles. The Morgan fingerprint density at radius 3 is 1.13 bits per heavy atom. The number of hydrogen-bond donors (Lipinski definition) is 3. The summed E-state index contributed by atoms with van der Waals surface area (Å²) in [5, 5.41) is 28.7. The van der Waals surface area contributed by atoms with Gasteiger partial charge in [0.1, 0.15) is 91.6 Å². The average Bonchev–Trinajstić information content (AvgIpc) is 4.03. The van der Waals surface area contributed by atoms with E-state index in [1.807, 2.05) is 0 Å². The van der Waals surface area contributed by atoms with E-state index in [2.05, 4.69) is 0 Å². The molecule has 16 nitrogen and oxygen atoms in total. The van der Waals surface area contributed by atoms with Crippen LogP contribution in [-0.2, 0) is 61.6 Å². The van der Waals surface area contributed by atoms with E-state index in [0.717, 1.165) is 19.8 Å². The van der Waals surface area contributed by atoms with Gasteiger partial charge in [0.2, 0.25) is 0 Å². The van der Waals surface area contributed by atoms with Gasteiger partial charge in [-0.05, 0) is 0 Å². The normalized spacial score (nSPS) is 47.4. The largest absolute Gasteiger partial charge is 0.388 e. The van der Waals surface area contributed by atoms with Gasteiger partial charge in [-0.2, -0.15) is 0 Å². The van der Waals surface area contributed by atoms with E-state index in [9.17, 15) is 5.11 Å². The molecule has 0 aromatic rings. The molecule has 9 fully saturated rings. The molecular weight excluding hydrogens is 652 g/mol. The lowest BCUT2D eigenvalue weighted by atomic mass is 10.1. The van der Waals surface area contributed by atoms with Gasteiger partial charge < -0.3 is 76.9 Å². The summed E-state index contributed by atoms with van der Waals surface area (Å²) in [6, 6.07) is 0. The van der Waals surface area contributed by atoms with E-state index in [-0.39, 0.29) is 99.7 Å². The summed E-state index contributed by atoms with van der Waals surface area (Å²) in [6.07, 6.45) is -2.94. The summed E-state index contributed by atoms with van der Waals surface area (Å²) in [7, 11) is 0. The Morgan fingerprint density at radius 1 is 0.468 bits per heavy atom. The third-order valence-corrected chi connectivity index (χ3v) is 9.65. The second-order valence-electron chi connectivity index (χ2n) is 13.1. The van der Waals surface area contributed by atoms with Crippen molar-refractivity contribution in [3.8, 4) is 0 Å². The predicted octanol–water partition coefficient (Wildman–Crippen LogP) is -2.59. The van der Waals surface area contributed by atoms with Crippen molar-refractivity contribution in [2.24, 2.45) is 0 Å². The number of hydrogen-bond acceptors (Lipinski definition) is 16. The van der Waals surface area contributed by atoms with E-state index >= 15 is 0 Å². The van der Waals surface area contributed by atoms with Gasteiger partial charge in [-0.3, -0.25) is 0 Å². The van der Waals surface area contributed by atoms with E-state index in [4.69, 9.17) is 83.4 Å². The van der Waals surface area contributed by atoms with Crippen molar-refractivity contribution >= 4 is 11.6 Å². The standard InChI is InChI=1S/C21H32O11.C6H10O4.C3H5ClO/c22-11(1-25-14-7-29-20-16(9-31-18(14)20)27-5-12-3-23-12)2-26-15-8-30-21-17(10-32-19(15)21)28-6-13-4-24-13;7-3-1-9-6-4(8)2-10-5(3)6;4-1-3-2-5-3/h11-22H,1-10H2;3-8H,1-2H2;3H,1-2H2/t11?,12?,13?,14-,15+,16+,17-,18?,19?,20?,21?;3-,4+,5?,6?;. The van der Waals surface area contributed by atoms with Gasteiger partial charge in [0.25, 0.3) is 0 Å². The van der Waals surface area contributed by atoms with Crippen molar-refractivity contribution in [1.82, 2.24) is 0 Å². The molecule has 9 saturated heterocycles. The third-order valence-electron chi connectivity index (χ3n) is 9.30. The monoisotopic (exact) mass is 698 g/mol. The molecule has 3 N–H and O–H groups in total. The van der Waals surface area contributed by atoms with Crippen LogP contribution in [0.4, 0.5) is 0 Å². The molecule has 0 bridgehead atoms. The molecule has 17 heteroatoms. The van der Waals surface area contributed by atoms with E-state index in [1.54, 1.807) is 0 Å². The summed E-state index contributed by atoms with van der Waals surface area (Å²) < 4.78 is 72.1. The highest BCUT2D eigenvalue weighted by Gasteiger charge is 2.51. The van der Waals surface area contributed by atoms with E-state index in [0.29, 0.717) is 51.6 Å². The van der Waals surface area contributed by atoms with Crippen LogP contribution in [0.25, 0.3) is 0 Å². The van der Waals surface area contributed by atoms with Crippen molar-refractivity contribution in [3.05, 3.63) is 0 Å². The Balaban J connectivity index is 0.000000191. The maximum atomic E-state index is 10.4. The number of aliphatic hydroxyl groups is 3. The minimum atomic E-state index is -0.769. The number of aliphatic hydroxyl groups excluding tert-OH is 3. The van der Waals surface area contributed by atoms with Gasteiger partial charge in [0.15, 0.2) is 0 Å². The molecule has 0 amide bonds. The van der Waals surface area contributed by atoms with Crippen LogP contribution in [0.15, 0.2) is 0 Å². The topological polar surface area (TPSA) is 191 Å². The fourth-order valence-corrected chi connectivity index (χ4v) is 6.53. The molecule has 9 aliphatic rings. The van der Waals surface area contributed by atoms with Crippen LogP contribution in [0.3, 0.4) is 0 Å². The summed E-state index contributed by atoms with van der Waals surface area (Å²) in [4.78, 5) is 0. The van der Waals surface area contributed by atoms with Crippen molar-refractivity contribution in [2.75, 3.05) is 91.8 Å². The van der Waals surface area contributed by atoms with Crippen molar-refractivity contribution in [1.29, 1.82) is 0 Å². The highest BCUT2D eigenvalue weighted by atomic mass is 35.5. The lowest BCUT2D eigenvalue weighted by molar-refractivity contribution is -0.101. The SMILES string of the molecule is ClCC1CO1.OC(CO[C@H]1COC2C1OC[C@H]2OCC1CO1)CO[C@@H]1COC2C1OC[C@@H]2OCC1CO1.O[C@@H]1COC2C1OC[C@@H]2O. The molecule has 0 aromatic carbocycles. The van der Waals surface area contributed by atoms with Crippen LogP contribution < -0.4 is 0 Å². The lowest BCUT2D eigenvalue weighted by Crippen LogP contribution is -2.38. The van der Waals surface area contributed by atoms with Crippen LogP contribution in [0, 0.1) is 0 Å². The first-order valence-electron chi connectivity index (χ1n) is 16.6. The summed E-state index contributed by atoms with van der Waals surface area (Å²) in [6.45, 7) is 6.19. The maximum absolute atomic E-state index is 10.4. The fraction of sp³-hybridized carbons (Fsp3) is 1.00. The van der Waals surface area contributed by atoms with Crippen molar-refractivity contribution in [3.63, 3.8) is 0 Å². The second-order valence-corrected chi connectivity index (χ2v) is 13.4. The Labute approximate surface area is 277 Å². The summed E-state index contributed by atoms with van der Waals surface area (Å²) >= 11 is 5.27. The number of epoxide rings is 3. The molecule has 16 atom stereocenters. The first-order valence-corrected chi connectivity index (χ1v) is 17.1. The Bertz CT molecular complexity index is 904. The van der Waals surface area contributed by atoms with Crippen LogP contribution in [0.5, 0.6) is 0 Å². The molecule has 47 heavy (non-hydrogen) atoms. The molecule has 9 heterocycles. The van der Waals surface area contributed by atoms with Gasteiger partial charge in [-0.15, -0.1) is 11.6 Å². The molecule has 9 rings (SSSR count). The summed E-state index contributed by atoms with van der Waals surface area (Å²) in [5.74, 6) is 0.667. The van der Waals surface area contributed by atoms with E-state index in [1.165, 1.54) is 0 Å². The Kier molecular flexibility index (Phi) is 12.2. The molecule has 10 unspecified atom stereocenters. The van der Waals surface area contributed by atoms with Crippen LogP contribution >= 0.6 is 11.6 Å². The first-order chi connectivity index (χ1) is 23.0. The van der Waals surface area contributed by atoms with Crippen molar-refractivity contribution in [2.45, 2.75) is 97.7 Å². The zero-order valence-electron chi connectivity index (χ0n) is 26.2. The van der Waals surface area contributed by atoms with Gasteiger partial charge in [-0.25, -0.2) is 0 Å². The number of ether oxygens (including phenoxy) is 13. The van der Waals surface area contributed by atoms with Crippen LogP contribution in [0.1, 0.15) is 0 Å². The quantitative estimate of drug-likeness (QED) is 0.134. The zero-order valence-corrected chi connectivity index (χ0v) is 26.9. The molecule has 0 saturated carbocycles. The van der Waals surface area contributed by atoms with E-state index < -0.39 is 18.3 Å². The second kappa shape index (κ2) is 16.3. The summed E-state index contributed by atoms with van der Waals surface area (Å²) in [5.41, 5.74) is 0. The maximum Gasteiger partial charge on any atom is 0.115 e. The minimum Gasteiger partial charge on any atom is -0.388 e. The number of fused-ring (bicyclic) bond motifs is 3.